The van der Waals surface area contributed by atoms with Crippen molar-refractivity contribution in [3.05, 3.63) is 48.6 Å². The van der Waals surface area contributed by atoms with Crippen molar-refractivity contribution in [3.8, 4) is 0 Å². The van der Waals surface area contributed by atoms with Crippen molar-refractivity contribution < 1.29 is 24.5 Å². The van der Waals surface area contributed by atoms with Gasteiger partial charge in [0.1, 0.15) is 0 Å². The Kier molecular flexibility index (Phi) is 53.6. The van der Waals surface area contributed by atoms with E-state index in [1.807, 2.05) is 0 Å². The predicted octanol–water partition coefficient (Wildman–Crippen LogP) is 17.8. The highest BCUT2D eigenvalue weighted by Gasteiger charge is 2.20. The smallest absolute Gasteiger partial charge is 0.305 e. The molecule has 0 radical (unpaired) electrons. The van der Waals surface area contributed by atoms with Crippen LogP contribution in [0.5, 0.6) is 0 Å². The molecule has 0 spiro atoms. The number of esters is 1. The van der Waals surface area contributed by atoms with Gasteiger partial charge in [0.05, 0.1) is 25.4 Å². The summed E-state index contributed by atoms with van der Waals surface area (Å²) in [5.41, 5.74) is 0. The van der Waals surface area contributed by atoms with Crippen LogP contribution in [0.15, 0.2) is 48.6 Å². The SMILES string of the molecule is CCCCC/C=C\C/C=C\CCCCCCCC(=O)OCCCCC/C=C\C=C/CCCCCCCCCCCCC(=O)NC(CO)C(O)CCCCCCCCCCCCCCCCC. The minimum atomic E-state index is -0.672. The first-order chi connectivity index (χ1) is 32.5. The summed E-state index contributed by atoms with van der Waals surface area (Å²) in [5.74, 6) is -0.0727. The van der Waals surface area contributed by atoms with E-state index in [1.54, 1.807) is 0 Å². The van der Waals surface area contributed by atoms with Crippen LogP contribution >= 0.6 is 0 Å². The molecular weight excluding hydrogens is 815 g/mol. The molecule has 0 saturated carbocycles. The van der Waals surface area contributed by atoms with Gasteiger partial charge in [-0.1, -0.05) is 242 Å². The Morgan fingerprint density at radius 3 is 1.27 bits per heavy atom. The van der Waals surface area contributed by atoms with E-state index in [2.05, 4.69) is 67.8 Å². The summed E-state index contributed by atoms with van der Waals surface area (Å²) in [6.07, 6.45) is 69.5. The number of ether oxygens (including phenoxy) is 1. The van der Waals surface area contributed by atoms with Crippen molar-refractivity contribution in [2.45, 2.75) is 309 Å². The van der Waals surface area contributed by atoms with Crippen LogP contribution in [0.1, 0.15) is 296 Å². The number of aliphatic hydroxyl groups is 2. The Bertz CT molecular complexity index is 1110. The molecule has 0 aromatic carbocycles. The highest BCUT2D eigenvalue weighted by atomic mass is 16.5. The number of carbonyl (C=O) groups excluding carboxylic acids is 2. The molecule has 6 nitrogen and oxygen atoms in total. The molecule has 0 aliphatic carbocycles. The lowest BCUT2D eigenvalue weighted by molar-refractivity contribution is -0.143. The molecule has 0 bridgehead atoms. The lowest BCUT2D eigenvalue weighted by Crippen LogP contribution is -2.45. The summed E-state index contributed by atoms with van der Waals surface area (Å²) in [7, 11) is 0. The number of amides is 1. The van der Waals surface area contributed by atoms with Gasteiger partial charge in [-0.15, -0.1) is 0 Å². The first kappa shape index (κ1) is 63.8. The number of aliphatic hydroxyl groups excluding tert-OH is 2. The second-order valence-corrected chi connectivity index (χ2v) is 19.6. The Hall–Kier alpha value is -2.18. The number of rotatable bonds is 53. The Balaban J connectivity index is 3.49. The standard InChI is InChI=1S/C60H111NO5/c1-3-5-7-9-11-13-15-17-24-28-32-36-40-44-48-52-58(63)57(56-62)61-59(64)53-49-45-41-37-33-29-26-22-20-19-21-23-27-31-35-39-43-47-51-55-66-60(65)54-50-46-42-38-34-30-25-18-16-14-12-10-8-6-4-2/h12,14,18,23,25,27,31,35,57-58,62-63H,3-11,13,15-17,19-22,24,26,28-30,32-34,36-56H2,1-2H3,(H,61,64)/b14-12-,25-18-,27-23-,35-31-. The average Bonchev–Trinajstić information content (AvgIpc) is 3.32. The summed E-state index contributed by atoms with van der Waals surface area (Å²) in [6, 6.07) is -0.550. The fraction of sp³-hybridized carbons (Fsp3) is 0.833. The normalized spacial score (nSPS) is 13.0. The molecule has 0 aromatic rings. The lowest BCUT2D eigenvalue weighted by atomic mass is 10.0. The van der Waals surface area contributed by atoms with E-state index in [0.29, 0.717) is 25.9 Å². The van der Waals surface area contributed by atoms with Crippen LogP contribution in [0.3, 0.4) is 0 Å². The number of carbonyl (C=O) groups is 2. The zero-order valence-electron chi connectivity index (χ0n) is 43.9. The third kappa shape index (κ3) is 51.2. The van der Waals surface area contributed by atoms with Crippen LogP contribution in [0.4, 0.5) is 0 Å². The Labute approximate surface area is 410 Å². The molecule has 66 heavy (non-hydrogen) atoms. The van der Waals surface area contributed by atoms with Gasteiger partial charge in [0.15, 0.2) is 0 Å². The van der Waals surface area contributed by atoms with E-state index < -0.39 is 12.1 Å². The molecule has 0 heterocycles. The van der Waals surface area contributed by atoms with Crippen LogP contribution in [0, 0.1) is 0 Å². The highest BCUT2D eigenvalue weighted by molar-refractivity contribution is 5.76. The van der Waals surface area contributed by atoms with Gasteiger partial charge in [0, 0.05) is 12.8 Å². The van der Waals surface area contributed by atoms with E-state index in [9.17, 15) is 19.8 Å². The van der Waals surface area contributed by atoms with Crippen LogP contribution < -0.4 is 5.32 Å². The molecule has 0 aromatic heterocycles. The second kappa shape index (κ2) is 55.4. The summed E-state index contributed by atoms with van der Waals surface area (Å²) < 4.78 is 5.44. The summed E-state index contributed by atoms with van der Waals surface area (Å²) >= 11 is 0. The van der Waals surface area contributed by atoms with Crippen molar-refractivity contribution in [1.82, 2.24) is 5.32 Å². The maximum Gasteiger partial charge on any atom is 0.305 e. The van der Waals surface area contributed by atoms with Crippen LogP contribution in [0.2, 0.25) is 0 Å². The predicted molar refractivity (Wildman–Crippen MR) is 287 cm³/mol. The monoisotopic (exact) mass is 926 g/mol. The van der Waals surface area contributed by atoms with Gasteiger partial charge in [-0.2, -0.15) is 0 Å². The van der Waals surface area contributed by atoms with E-state index in [1.165, 1.54) is 186 Å². The molecule has 386 valence electrons. The quantitative estimate of drug-likeness (QED) is 0.0244. The molecule has 0 aliphatic rings. The van der Waals surface area contributed by atoms with Gasteiger partial charge in [-0.25, -0.2) is 0 Å². The first-order valence-electron chi connectivity index (χ1n) is 28.9. The Morgan fingerprint density at radius 1 is 0.439 bits per heavy atom. The average molecular weight is 927 g/mol. The van der Waals surface area contributed by atoms with Crippen molar-refractivity contribution in [2.24, 2.45) is 0 Å². The zero-order valence-corrected chi connectivity index (χ0v) is 43.9. The molecule has 0 saturated heterocycles. The van der Waals surface area contributed by atoms with Gasteiger partial charge in [-0.3, -0.25) is 9.59 Å². The highest BCUT2D eigenvalue weighted by Crippen LogP contribution is 2.16. The van der Waals surface area contributed by atoms with Crippen LogP contribution in [-0.2, 0) is 14.3 Å². The molecule has 2 unspecified atom stereocenters. The van der Waals surface area contributed by atoms with Crippen molar-refractivity contribution in [1.29, 1.82) is 0 Å². The van der Waals surface area contributed by atoms with E-state index in [4.69, 9.17) is 4.74 Å². The number of unbranched alkanes of at least 4 members (excludes halogenated alkanes) is 35. The fourth-order valence-electron chi connectivity index (χ4n) is 8.66. The molecule has 0 aliphatic heterocycles. The number of hydrogen-bond acceptors (Lipinski definition) is 5. The third-order valence-electron chi connectivity index (χ3n) is 13.1. The fourth-order valence-corrected chi connectivity index (χ4v) is 8.66. The van der Waals surface area contributed by atoms with E-state index in [-0.39, 0.29) is 18.5 Å². The molecule has 1 amide bonds. The molecule has 0 rings (SSSR count). The van der Waals surface area contributed by atoms with Gasteiger partial charge in [0.2, 0.25) is 5.91 Å². The zero-order chi connectivity index (χ0) is 47.9. The van der Waals surface area contributed by atoms with Gasteiger partial charge in [-0.05, 0) is 89.9 Å². The maximum atomic E-state index is 12.5. The minimum Gasteiger partial charge on any atom is -0.466 e. The van der Waals surface area contributed by atoms with Crippen molar-refractivity contribution in [3.63, 3.8) is 0 Å². The molecular formula is C60H111NO5. The largest absolute Gasteiger partial charge is 0.466 e. The van der Waals surface area contributed by atoms with Gasteiger partial charge < -0.3 is 20.3 Å². The van der Waals surface area contributed by atoms with Gasteiger partial charge in [0.25, 0.3) is 0 Å². The summed E-state index contributed by atoms with van der Waals surface area (Å²) in [4.78, 5) is 24.5. The van der Waals surface area contributed by atoms with Gasteiger partial charge >= 0.3 is 5.97 Å². The number of nitrogens with one attached hydrogen (secondary N) is 1. The second-order valence-electron chi connectivity index (χ2n) is 19.6. The van der Waals surface area contributed by atoms with E-state index >= 15 is 0 Å². The van der Waals surface area contributed by atoms with Crippen molar-refractivity contribution >= 4 is 11.9 Å². The Morgan fingerprint density at radius 2 is 0.803 bits per heavy atom. The van der Waals surface area contributed by atoms with E-state index in [0.717, 1.165) is 77.0 Å². The number of allylic oxidation sites excluding steroid dienone is 8. The van der Waals surface area contributed by atoms with Crippen LogP contribution in [-0.4, -0.2) is 47.4 Å². The topological polar surface area (TPSA) is 95.9 Å². The molecule has 3 N–H and O–H groups in total. The minimum absolute atomic E-state index is 0.0277. The third-order valence-corrected chi connectivity index (χ3v) is 13.1. The van der Waals surface area contributed by atoms with Crippen LogP contribution in [0.25, 0.3) is 0 Å². The maximum absolute atomic E-state index is 12.5. The number of hydrogen-bond donors (Lipinski definition) is 3. The summed E-state index contributed by atoms with van der Waals surface area (Å²) in [5, 5.41) is 23.3. The molecule has 2 atom stereocenters. The lowest BCUT2D eigenvalue weighted by Gasteiger charge is -2.22. The molecule has 0 fully saturated rings. The first-order valence-corrected chi connectivity index (χ1v) is 28.9. The summed E-state index contributed by atoms with van der Waals surface area (Å²) in [6.45, 7) is 4.88. The molecule has 6 heteroatoms. The van der Waals surface area contributed by atoms with Crippen molar-refractivity contribution in [2.75, 3.05) is 13.2 Å².